The molecule has 0 atom stereocenters. The van der Waals surface area contributed by atoms with Crippen LogP contribution in [0.1, 0.15) is 6.42 Å². The second-order valence-corrected chi connectivity index (χ2v) is 5.11. The topological polar surface area (TPSA) is 6.48 Å². The highest BCUT2D eigenvalue weighted by Crippen LogP contribution is 2.25. The first-order valence-corrected chi connectivity index (χ1v) is 7.00. The second kappa shape index (κ2) is 6.48. The average Bonchev–Trinajstić information content (AvgIpc) is 2.38. The Kier molecular flexibility index (Phi) is 4.96. The minimum atomic E-state index is 0.755. The van der Waals surface area contributed by atoms with E-state index in [1.807, 2.05) is 18.2 Å². The van der Waals surface area contributed by atoms with Crippen LogP contribution >= 0.6 is 23.2 Å². The Balaban J connectivity index is 1.89. The zero-order valence-corrected chi connectivity index (χ0v) is 11.4. The number of hydrogen-bond acceptors (Lipinski definition) is 2. The SMILES string of the molecule is ClCCCN1CCN(c2ccccc2Cl)CC1. The number of nitrogens with zero attached hydrogens (tertiary/aromatic N) is 2. The van der Waals surface area contributed by atoms with E-state index < -0.39 is 0 Å². The monoisotopic (exact) mass is 272 g/mol. The van der Waals surface area contributed by atoms with E-state index in [9.17, 15) is 0 Å². The standard InChI is InChI=1S/C13H18Cl2N2/c14-6-3-7-16-8-10-17(11-9-16)13-5-2-1-4-12(13)15/h1-2,4-5H,3,6-11H2. The summed E-state index contributed by atoms with van der Waals surface area (Å²) in [6, 6.07) is 8.07. The van der Waals surface area contributed by atoms with Gasteiger partial charge in [-0.3, -0.25) is 4.90 Å². The fraction of sp³-hybridized carbons (Fsp3) is 0.538. The van der Waals surface area contributed by atoms with Crippen LogP contribution in [0.3, 0.4) is 0 Å². The molecule has 94 valence electrons. The molecule has 0 aromatic heterocycles. The predicted molar refractivity (Wildman–Crippen MR) is 75.4 cm³/mol. The zero-order valence-electron chi connectivity index (χ0n) is 9.91. The van der Waals surface area contributed by atoms with Crippen LogP contribution in [-0.2, 0) is 0 Å². The number of hydrogen-bond donors (Lipinski definition) is 0. The van der Waals surface area contributed by atoms with Gasteiger partial charge in [-0.15, -0.1) is 11.6 Å². The minimum Gasteiger partial charge on any atom is -0.368 e. The first kappa shape index (κ1) is 13.0. The van der Waals surface area contributed by atoms with Crippen LogP contribution in [0.5, 0.6) is 0 Å². The Labute approximate surface area is 113 Å². The van der Waals surface area contributed by atoms with Crippen LogP contribution in [0.25, 0.3) is 0 Å². The van der Waals surface area contributed by atoms with Crippen LogP contribution in [-0.4, -0.2) is 43.5 Å². The number of halogens is 2. The van der Waals surface area contributed by atoms with Gasteiger partial charge in [-0.25, -0.2) is 0 Å². The average molecular weight is 273 g/mol. The van der Waals surface area contributed by atoms with Crippen molar-refractivity contribution in [3.8, 4) is 0 Å². The summed E-state index contributed by atoms with van der Waals surface area (Å²) in [5, 5.41) is 0.849. The van der Waals surface area contributed by atoms with Gasteiger partial charge in [0, 0.05) is 32.1 Å². The lowest BCUT2D eigenvalue weighted by Crippen LogP contribution is -2.46. The van der Waals surface area contributed by atoms with E-state index in [0.717, 1.165) is 55.7 Å². The first-order chi connectivity index (χ1) is 8.31. The normalized spacial score (nSPS) is 17.4. The Morgan fingerprint density at radius 2 is 1.76 bits per heavy atom. The van der Waals surface area contributed by atoms with Crippen LogP contribution in [0.2, 0.25) is 5.02 Å². The third kappa shape index (κ3) is 3.51. The molecule has 17 heavy (non-hydrogen) atoms. The van der Waals surface area contributed by atoms with Gasteiger partial charge in [0.1, 0.15) is 0 Å². The van der Waals surface area contributed by atoms with Gasteiger partial charge >= 0.3 is 0 Å². The smallest absolute Gasteiger partial charge is 0.0639 e. The van der Waals surface area contributed by atoms with Crippen molar-refractivity contribution in [2.45, 2.75) is 6.42 Å². The summed E-state index contributed by atoms with van der Waals surface area (Å²) in [5.74, 6) is 0.755. The van der Waals surface area contributed by atoms with E-state index in [-0.39, 0.29) is 0 Å². The molecule has 0 aliphatic carbocycles. The fourth-order valence-corrected chi connectivity index (χ4v) is 2.58. The Bertz CT molecular complexity index is 349. The van der Waals surface area contributed by atoms with Crippen molar-refractivity contribution in [2.24, 2.45) is 0 Å². The Morgan fingerprint density at radius 3 is 2.41 bits per heavy atom. The molecule has 0 bridgehead atoms. The fourth-order valence-electron chi connectivity index (χ4n) is 2.20. The van der Waals surface area contributed by atoms with Crippen molar-refractivity contribution in [3.63, 3.8) is 0 Å². The van der Waals surface area contributed by atoms with Gasteiger partial charge in [0.05, 0.1) is 10.7 Å². The maximum absolute atomic E-state index is 6.20. The van der Waals surface area contributed by atoms with Gasteiger partial charge in [0.25, 0.3) is 0 Å². The molecule has 0 spiro atoms. The molecule has 1 aliphatic rings. The largest absolute Gasteiger partial charge is 0.368 e. The molecule has 0 N–H and O–H groups in total. The lowest BCUT2D eigenvalue weighted by Gasteiger charge is -2.36. The first-order valence-electron chi connectivity index (χ1n) is 6.09. The number of piperazine rings is 1. The summed E-state index contributed by atoms with van der Waals surface area (Å²) in [7, 11) is 0. The van der Waals surface area contributed by atoms with Crippen molar-refractivity contribution >= 4 is 28.9 Å². The third-order valence-electron chi connectivity index (χ3n) is 3.17. The van der Waals surface area contributed by atoms with Crippen molar-refractivity contribution in [2.75, 3.05) is 43.5 Å². The highest BCUT2D eigenvalue weighted by Gasteiger charge is 2.17. The van der Waals surface area contributed by atoms with Crippen molar-refractivity contribution in [1.82, 2.24) is 4.90 Å². The van der Waals surface area contributed by atoms with Crippen LogP contribution < -0.4 is 4.90 Å². The maximum atomic E-state index is 6.20. The molecule has 0 radical (unpaired) electrons. The van der Waals surface area contributed by atoms with Gasteiger partial charge in [-0.1, -0.05) is 23.7 Å². The number of benzene rings is 1. The molecule has 1 aromatic carbocycles. The summed E-state index contributed by atoms with van der Waals surface area (Å²) in [4.78, 5) is 4.83. The highest BCUT2D eigenvalue weighted by atomic mass is 35.5. The summed E-state index contributed by atoms with van der Waals surface area (Å²) >= 11 is 11.9. The zero-order chi connectivity index (χ0) is 12.1. The van der Waals surface area contributed by atoms with E-state index in [1.165, 1.54) is 0 Å². The third-order valence-corrected chi connectivity index (χ3v) is 3.76. The highest BCUT2D eigenvalue weighted by molar-refractivity contribution is 6.33. The van der Waals surface area contributed by atoms with Crippen LogP contribution in [0.15, 0.2) is 24.3 Å². The van der Waals surface area contributed by atoms with Gasteiger partial charge in [0.15, 0.2) is 0 Å². The van der Waals surface area contributed by atoms with E-state index in [4.69, 9.17) is 23.2 Å². The van der Waals surface area contributed by atoms with E-state index >= 15 is 0 Å². The summed E-state index contributed by atoms with van der Waals surface area (Å²) < 4.78 is 0. The molecule has 4 heteroatoms. The Hall–Kier alpha value is -0.440. The van der Waals surface area contributed by atoms with Crippen molar-refractivity contribution in [3.05, 3.63) is 29.3 Å². The maximum Gasteiger partial charge on any atom is 0.0639 e. The molecule has 1 heterocycles. The summed E-state index contributed by atoms with van der Waals surface area (Å²) in [5.41, 5.74) is 1.16. The summed E-state index contributed by atoms with van der Waals surface area (Å²) in [6.45, 7) is 5.40. The molecular weight excluding hydrogens is 255 g/mol. The molecular formula is C13H18Cl2N2. The van der Waals surface area contributed by atoms with E-state index in [0.29, 0.717) is 0 Å². The van der Waals surface area contributed by atoms with Crippen molar-refractivity contribution in [1.29, 1.82) is 0 Å². The van der Waals surface area contributed by atoms with Gasteiger partial charge < -0.3 is 4.90 Å². The van der Waals surface area contributed by atoms with Gasteiger partial charge in [-0.05, 0) is 25.1 Å². The molecule has 2 nitrogen and oxygen atoms in total. The molecule has 1 saturated heterocycles. The number of anilines is 1. The molecule has 1 fully saturated rings. The number of alkyl halides is 1. The van der Waals surface area contributed by atoms with Crippen LogP contribution in [0.4, 0.5) is 5.69 Å². The Morgan fingerprint density at radius 1 is 1.06 bits per heavy atom. The number of rotatable bonds is 4. The summed E-state index contributed by atoms with van der Waals surface area (Å²) in [6.07, 6.45) is 1.08. The van der Waals surface area contributed by atoms with Crippen molar-refractivity contribution < 1.29 is 0 Å². The molecule has 1 aliphatic heterocycles. The lowest BCUT2D eigenvalue weighted by atomic mass is 10.2. The molecule has 2 rings (SSSR count). The van der Waals surface area contributed by atoms with Gasteiger partial charge in [0.2, 0.25) is 0 Å². The molecule has 0 saturated carbocycles. The van der Waals surface area contributed by atoms with E-state index in [1.54, 1.807) is 0 Å². The lowest BCUT2D eigenvalue weighted by molar-refractivity contribution is 0.259. The molecule has 0 amide bonds. The van der Waals surface area contributed by atoms with Crippen LogP contribution in [0, 0.1) is 0 Å². The number of para-hydroxylation sites is 1. The quantitative estimate of drug-likeness (QED) is 0.778. The molecule has 0 unspecified atom stereocenters. The predicted octanol–water partition coefficient (Wildman–Crippen LogP) is 3.09. The van der Waals surface area contributed by atoms with E-state index in [2.05, 4.69) is 15.9 Å². The molecule has 1 aromatic rings. The minimum absolute atomic E-state index is 0.755. The van der Waals surface area contributed by atoms with Gasteiger partial charge in [-0.2, -0.15) is 0 Å². The second-order valence-electron chi connectivity index (χ2n) is 4.32.